The first-order valence-corrected chi connectivity index (χ1v) is 5.22. The molecule has 0 N–H and O–H groups in total. The van der Waals surface area contributed by atoms with E-state index in [1.165, 1.54) is 7.11 Å². The molecule has 2 nitrogen and oxygen atoms in total. The van der Waals surface area contributed by atoms with Gasteiger partial charge in [-0.15, -0.1) is 0 Å². The molecule has 0 aromatic carbocycles. The molecular weight excluding hydrogens is 184 g/mol. The molecule has 0 bridgehead atoms. The van der Waals surface area contributed by atoms with Crippen LogP contribution in [-0.4, -0.2) is 13.1 Å². The molecule has 0 atom stereocenters. The molecule has 1 heterocycles. The lowest BCUT2D eigenvalue weighted by molar-refractivity contribution is 0.0600. The Labute approximate surface area is 82.5 Å². The smallest absolute Gasteiger partial charge is 0.338 e. The molecule has 0 fully saturated rings. The summed E-state index contributed by atoms with van der Waals surface area (Å²) < 4.78 is 4.68. The van der Waals surface area contributed by atoms with Crippen LogP contribution < -0.4 is 0 Å². The number of carbonyl (C=O) groups excluding carboxylic acids is 1. The summed E-state index contributed by atoms with van der Waals surface area (Å²) in [5.74, 6) is 0.343. The highest BCUT2D eigenvalue weighted by Crippen LogP contribution is 2.19. The molecule has 3 heteroatoms. The molecular formula is C10H14O2S. The van der Waals surface area contributed by atoms with E-state index in [2.05, 4.69) is 18.6 Å². The number of esters is 1. The maximum Gasteiger partial charge on any atom is 0.338 e. The quantitative estimate of drug-likeness (QED) is 0.698. The number of methoxy groups -OCH3 is 1. The summed E-state index contributed by atoms with van der Waals surface area (Å²) in [6.45, 7) is 4.28. The molecule has 13 heavy (non-hydrogen) atoms. The van der Waals surface area contributed by atoms with Crippen LogP contribution in [0.1, 0.15) is 29.8 Å². The van der Waals surface area contributed by atoms with Gasteiger partial charge in [-0.25, -0.2) is 4.79 Å². The van der Waals surface area contributed by atoms with Gasteiger partial charge in [-0.1, -0.05) is 13.8 Å². The summed E-state index contributed by atoms with van der Waals surface area (Å²) in [6.07, 6.45) is 0.938. The molecule has 0 aliphatic heterocycles. The van der Waals surface area contributed by atoms with Crippen LogP contribution >= 0.6 is 11.3 Å². The first-order chi connectivity index (χ1) is 6.15. The molecule has 1 rings (SSSR count). The first-order valence-electron chi connectivity index (χ1n) is 4.28. The second-order valence-electron chi connectivity index (χ2n) is 3.40. The van der Waals surface area contributed by atoms with Crippen LogP contribution in [0.2, 0.25) is 0 Å². The van der Waals surface area contributed by atoms with Gasteiger partial charge in [0, 0.05) is 5.38 Å². The van der Waals surface area contributed by atoms with Gasteiger partial charge < -0.3 is 4.74 Å². The van der Waals surface area contributed by atoms with Crippen LogP contribution in [0.5, 0.6) is 0 Å². The Balaban J connectivity index is 2.83. The van der Waals surface area contributed by atoms with Gasteiger partial charge in [0.05, 0.1) is 12.7 Å². The average Bonchev–Trinajstić information content (AvgIpc) is 2.50. The summed E-state index contributed by atoms with van der Waals surface area (Å²) in [6, 6.07) is 0. The molecule has 0 saturated carbocycles. The lowest BCUT2D eigenvalue weighted by Gasteiger charge is -2.04. The van der Waals surface area contributed by atoms with Crippen LogP contribution in [-0.2, 0) is 11.2 Å². The number of rotatable bonds is 3. The third kappa shape index (κ3) is 2.56. The average molecular weight is 198 g/mol. The summed E-state index contributed by atoms with van der Waals surface area (Å²) in [4.78, 5) is 11.3. The van der Waals surface area contributed by atoms with Crippen molar-refractivity contribution in [1.82, 2.24) is 0 Å². The lowest BCUT2D eigenvalue weighted by Crippen LogP contribution is -2.04. The van der Waals surface area contributed by atoms with Crippen LogP contribution in [0.25, 0.3) is 0 Å². The molecule has 0 radical (unpaired) electrons. The minimum Gasteiger partial charge on any atom is -0.465 e. The van der Waals surface area contributed by atoms with Gasteiger partial charge in [-0.2, -0.15) is 11.3 Å². The second-order valence-corrected chi connectivity index (χ2v) is 4.14. The van der Waals surface area contributed by atoms with E-state index in [1.54, 1.807) is 11.3 Å². The fraction of sp³-hybridized carbons (Fsp3) is 0.500. The van der Waals surface area contributed by atoms with Crippen molar-refractivity contribution in [3.63, 3.8) is 0 Å². The Morgan fingerprint density at radius 2 is 2.23 bits per heavy atom. The van der Waals surface area contributed by atoms with Crippen molar-refractivity contribution in [2.45, 2.75) is 20.3 Å². The minimum absolute atomic E-state index is 0.225. The molecule has 0 saturated heterocycles. The number of hydrogen-bond acceptors (Lipinski definition) is 3. The normalized spacial score (nSPS) is 10.5. The van der Waals surface area contributed by atoms with E-state index in [-0.39, 0.29) is 5.97 Å². The Kier molecular flexibility index (Phi) is 3.48. The van der Waals surface area contributed by atoms with Crippen LogP contribution in [0, 0.1) is 5.92 Å². The molecule has 0 aliphatic rings. The van der Waals surface area contributed by atoms with E-state index in [0.717, 1.165) is 17.5 Å². The van der Waals surface area contributed by atoms with Gasteiger partial charge in [0.1, 0.15) is 0 Å². The van der Waals surface area contributed by atoms with Crippen molar-refractivity contribution in [1.29, 1.82) is 0 Å². The van der Waals surface area contributed by atoms with E-state index in [9.17, 15) is 4.79 Å². The maximum atomic E-state index is 11.3. The van der Waals surface area contributed by atoms with E-state index in [0.29, 0.717) is 5.92 Å². The number of ether oxygens (including phenoxy) is 1. The van der Waals surface area contributed by atoms with Gasteiger partial charge in [0.2, 0.25) is 0 Å². The molecule has 72 valence electrons. The fourth-order valence-corrected chi connectivity index (χ4v) is 2.05. The topological polar surface area (TPSA) is 26.3 Å². The summed E-state index contributed by atoms with van der Waals surface area (Å²) in [5.41, 5.74) is 1.83. The maximum absolute atomic E-state index is 11.3. The predicted molar refractivity (Wildman–Crippen MR) is 54.2 cm³/mol. The predicted octanol–water partition coefficient (Wildman–Crippen LogP) is 2.73. The van der Waals surface area contributed by atoms with Crippen molar-refractivity contribution >= 4 is 17.3 Å². The Morgan fingerprint density at radius 3 is 2.77 bits per heavy atom. The summed E-state index contributed by atoms with van der Waals surface area (Å²) in [5, 5.41) is 3.87. The van der Waals surface area contributed by atoms with Crippen molar-refractivity contribution in [2.24, 2.45) is 5.92 Å². The third-order valence-electron chi connectivity index (χ3n) is 1.78. The summed E-state index contributed by atoms with van der Waals surface area (Å²) in [7, 11) is 1.42. The zero-order valence-electron chi connectivity index (χ0n) is 8.16. The van der Waals surface area contributed by atoms with Gasteiger partial charge >= 0.3 is 5.97 Å². The molecule has 1 aromatic heterocycles. The van der Waals surface area contributed by atoms with Crippen LogP contribution in [0.3, 0.4) is 0 Å². The number of thiophene rings is 1. The SMILES string of the molecule is COC(=O)c1cscc1CC(C)C. The standard InChI is InChI=1S/C10H14O2S/c1-7(2)4-8-5-13-6-9(8)10(11)12-3/h5-7H,4H2,1-3H3. The van der Waals surface area contributed by atoms with Crippen molar-refractivity contribution in [3.05, 3.63) is 21.9 Å². The van der Waals surface area contributed by atoms with Crippen molar-refractivity contribution < 1.29 is 9.53 Å². The largest absolute Gasteiger partial charge is 0.465 e. The molecule has 1 aromatic rings. The second kappa shape index (κ2) is 4.42. The first kappa shape index (κ1) is 10.3. The van der Waals surface area contributed by atoms with Gasteiger partial charge in [0.25, 0.3) is 0 Å². The van der Waals surface area contributed by atoms with E-state index < -0.39 is 0 Å². The Morgan fingerprint density at radius 1 is 1.54 bits per heavy atom. The molecule has 0 amide bonds. The zero-order chi connectivity index (χ0) is 9.84. The van der Waals surface area contributed by atoms with Crippen LogP contribution in [0.4, 0.5) is 0 Å². The zero-order valence-corrected chi connectivity index (χ0v) is 8.98. The highest BCUT2D eigenvalue weighted by atomic mass is 32.1. The fourth-order valence-electron chi connectivity index (χ4n) is 1.21. The van der Waals surface area contributed by atoms with Crippen LogP contribution in [0.15, 0.2) is 10.8 Å². The number of carbonyl (C=O) groups is 1. The minimum atomic E-state index is -0.225. The molecule has 0 unspecified atom stereocenters. The lowest BCUT2D eigenvalue weighted by atomic mass is 10.0. The van der Waals surface area contributed by atoms with E-state index >= 15 is 0 Å². The van der Waals surface area contributed by atoms with Crippen molar-refractivity contribution in [3.8, 4) is 0 Å². The van der Waals surface area contributed by atoms with E-state index in [1.807, 2.05) is 10.8 Å². The Hall–Kier alpha value is -0.830. The highest BCUT2D eigenvalue weighted by molar-refractivity contribution is 7.08. The Bertz CT molecular complexity index is 289. The molecule has 0 aliphatic carbocycles. The van der Waals surface area contributed by atoms with Crippen molar-refractivity contribution in [2.75, 3.05) is 7.11 Å². The number of hydrogen-bond donors (Lipinski definition) is 0. The highest BCUT2D eigenvalue weighted by Gasteiger charge is 2.13. The van der Waals surface area contributed by atoms with Gasteiger partial charge in [-0.3, -0.25) is 0 Å². The van der Waals surface area contributed by atoms with Gasteiger partial charge in [0.15, 0.2) is 0 Å². The molecule has 0 spiro atoms. The summed E-state index contributed by atoms with van der Waals surface area (Å²) >= 11 is 1.55. The monoisotopic (exact) mass is 198 g/mol. The van der Waals surface area contributed by atoms with Gasteiger partial charge in [-0.05, 0) is 23.3 Å². The van der Waals surface area contributed by atoms with E-state index in [4.69, 9.17) is 0 Å². The third-order valence-corrected chi connectivity index (χ3v) is 2.57.